The minimum atomic E-state index is -0.466. The Hall–Kier alpha value is -2.81. The highest BCUT2D eigenvalue weighted by molar-refractivity contribution is 6.33. The quantitative estimate of drug-likeness (QED) is 0.559. The second-order valence-electron chi connectivity index (χ2n) is 7.62. The van der Waals surface area contributed by atoms with Crippen LogP contribution in [-0.4, -0.2) is 49.4 Å². The van der Waals surface area contributed by atoms with Crippen molar-refractivity contribution in [3.05, 3.63) is 40.4 Å². The lowest BCUT2D eigenvalue weighted by Crippen LogP contribution is -2.42. The van der Waals surface area contributed by atoms with E-state index in [1.807, 2.05) is 0 Å². The molecule has 30 heavy (non-hydrogen) atoms. The highest BCUT2D eigenvalue weighted by Crippen LogP contribution is 2.28. The van der Waals surface area contributed by atoms with Crippen LogP contribution in [0.15, 0.2) is 29.6 Å². The summed E-state index contributed by atoms with van der Waals surface area (Å²) in [5.41, 5.74) is 0.865. The summed E-state index contributed by atoms with van der Waals surface area (Å²) in [5.74, 6) is -1.46. The minimum Gasteiger partial charge on any atom is -0.362 e. The molecule has 3 amide bonds. The number of halogens is 2. The number of carbonyl (C=O) groups is 3. The number of anilines is 1. The van der Waals surface area contributed by atoms with Crippen molar-refractivity contribution in [3.8, 4) is 0 Å². The molecule has 0 saturated heterocycles. The number of amides is 3. The van der Waals surface area contributed by atoms with Crippen LogP contribution in [0.4, 0.5) is 10.1 Å². The van der Waals surface area contributed by atoms with Crippen LogP contribution >= 0.6 is 11.6 Å². The molecule has 0 atom stereocenters. The van der Waals surface area contributed by atoms with Gasteiger partial charge in [0.2, 0.25) is 5.91 Å². The van der Waals surface area contributed by atoms with Crippen LogP contribution in [0.1, 0.15) is 25.7 Å². The van der Waals surface area contributed by atoms with E-state index >= 15 is 0 Å². The topological polar surface area (TPSA) is 103 Å². The predicted molar refractivity (Wildman–Crippen MR) is 111 cm³/mol. The number of hydrogen-bond donors (Lipinski definition) is 4. The van der Waals surface area contributed by atoms with Crippen molar-refractivity contribution < 1.29 is 18.8 Å². The van der Waals surface area contributed by atoms with E-state index in [1.54, 1.807) is 14.1 Å². The van der Waals surface area contributed by atoms with E-state index < -0.39 is 5.82 Å². The Morgan fingerprint density at radius 2 is 1.77 bits per heavy atom. The molecule has 1 aromatic carbocycles. The molecular formula is C20H25ClFN5O3. The van der Waals surface area contributed by atoms with Gasteiger partial charge in [0.15, 0.2) is 0 Å². The summed E-state index contributed by atoms with van der Waals surface area (Å²) in [7, 11) is 3.24. The first-order valence-corrected chi connectivity index (χ1v) is 10.1. The number of likely N-dealkylation sites (N-methyl/N-ethyl adjacent to an activating group) is 1. The molecule has 0 aromatic heterocycles. The van der Waals surface area contributed by atoms with Crippen molar-refractivity contribution >= 4 is 35.0 Å². The van der Waals surface area contributed by atoms with E-state index in [0.29, 0.717) is 38.0 Å². The van der Waals surface area contributed by atoms with Gasteiger partial charge in [-0.05, 0) is 43.9 Å². The van der Waals surface area contributed by atoms with Crippen LogP contribution in [0.2, 0.25) is 5.02 Å². The summed E-state index contributed by atoms with van der Waals surface area (Å²) in [4.78, 5) is 38.7. The summed E-state index contributed by atoms with van der Waals surface area (Å²) in [6.45, 7) is 0.316. The zero-order valence-electron chi connectivity index (χ0n) is 16.9. The van der Waals surface area contributed by atoms with Crippen LogP contribution in [0.5, 0.6) is 0 Å². The lowest BCUT2D eigenvalue weighted by Gasteiger charge is -2.28. The van der Waals surface area contributed by atoms with Gasteiger partial charge < -0.3 is 26.2 Å². The molecular weight excluding hydrogens is 413 g/mol. The molecule has 1 fully saturated rings. The van der Waals surface area contributed by atoms with E-state index in [2.05, 4.69) is 21.3 Å². The van der Waals surface area contributed by atoms with Crippen molar-refractivity contribution in [1.29, 1.82) is 0 Å². The molecule has 1 saturated carbocycles. The molecule has 1 aliphatic heterocycles. The zero-order chi connectivity index (χ0) is 21.8. The third-order valence-electron chi connectivity index (χ3n) is 5.25. The molecule has 1 aromatic rings. The summed E-state index contributed by atoms with van der Waals surface area (Å²) >= 11 is 5.96. The lowest BCUT2D eigenvalue weighted by molar-refractivity contribution is -0.126. The number of carbonyl (C=O) groups excluding carboxylic acids is 3. The largest absolute Gasteiger partial charge is 0.362 e. The molecule has 4 N–H and O–H groups in total. The summed E-state index contributed by atoms with van der Waals surface area (Å²) < 4.78 is 13.1. The number of rotatable bonds is 5. The van der Waals surface area contributed by atoms with E-state index in [0.717, 1.165) is 6.07 Å². The standard InChI is InChI=1S/C20H25ClFN5O3/c1-27(2)20(30)17-16(23-10-24-17)19(29)25-13-6-3-11(4-7-13)18(28)26-15-8-5-12(22)9-14(15)21/h5,8-9,11,13,23-24H,3-4,6-7,10H2,1-2H3,(H,25,29)(H,26,28). The van der Waals surface area contributed by atoms with E-state index in [1.165, 1.54) is 17.0 Å². The molecule has 0 radical (unpaired) electrons. The number of nitrogens with zero attached hydrogens (tertiary/aromatic N) is 1. The molecule has 0 bridgehead atoms. The molecule has 162 valence electrons. The smallest absolute Gasteiger partial charge is 0.271 e. The van der Waals surface area contributed by atoms with Gasteiger partial charge in [0.25, 0.3) is 11.8 Å². The molecule has 2 aliphatic rings. The van der Waals surface area contributed by atoms with Crippen molar-refractivity contribution in [2.24, 2.45) is 5.92 Å². The van der Waals surface area contributed by atoms with Gasteiger partial charge in [-0.3, -0.25) is 14.4 Å². The van der Waals surface area contributed by atoms with Gasteiger partial charge in [0.1, 0.15) is 17.2 Å². The summed E-state index contributed by atoms with van der Waals surface area (Å²) in [6.07, 6.45) is 2.48. The Morgan fingerprint density at radius 1 is 1.10 bits per heavy atom. The van der Waals surface area contributed by atoms with Gasteiger partial charge in [-0.15, -0.1) is 0 Å². The monoisotopic (exact) mass is 437 g/mol. The first kappa shape index (κ1) is 21.9. The molecule has 1 heterocycles. The number of hydrogen-bond acceptors (Lipinski definition) is 5. The van der Waals surface area contributed by atoms with Crippen molar-refractivity contribution in [1.82, 2.24) is 20.9 Å². The van der Waals surface area contributed by atoms with E-state index in [9.17, 15) is 18.8 Å². The van der Waals surface area contributed by atoms with E-state index in [-0.39, 0.29) is 46.1 Å². The first-order valence-electron chi connectivity index (χ1n) is 9.76. The third-order valence-corrected chi connectivity index (χ3v) is 5.56. The van der Waals surface area contributed by atoms with Gasteiger partial charge in [-0.25, -0.2) is 4.39 Å². The summed E-state index contributed by atoms with van der Waals surface area (Å²) in [6, 6.07) is 3.75. The Labute approximate surface area is 179 Å². The maximum absolute atomic E-state index is 13.1. The highest BCUT2D eigenvalue weighted by Gasteiger charge is 2.31. The normalized spacial score (nSPS) is 20.8. The fourth-order valence-corrected chi connectivity index (χ4v) is 3.80. The van der Waals surface area contributed by atoms with E-state index in [4.69, 9.17) is 11.6 Å². The second-order valence-corrected chi connectivity index (χ2v) is 8.02. The zero-order valence-corrected chi connectivity index (χ0v) is 17.6. The van der Waals surface area contributed by atoms with Crippen LogP contribution in [0.25, 0.3) is 0 Å². The van der Waals surface area contributed by atoms with Crippen molar-refractivity contribution in [2.45, 2.75) is 31.7 Å². The Kier molecular flexibility index (Phi) is 6.81. The average molecular weight is 438 g/mol. The van der Waals surface area contributed by atoms with Gasteiger partial charge >= 0.3 is 0 Å². The number of nitrogens with one attached hydrogen (secondary N) is 4. The third kappa shape index (κ3) is 5.02. The molecule has 8 nitrogen and oxygen atoms in total. The molecule has 10 heteroatoms. The van der Waals surface area contributed by atoms with Gasteiger partial charge in [-0.2, -0.15) is 0 Å². The van der Waals surface area contributed by atoms with Crippen LogP contribution in [-0.2, 0) is 14.4 Å². The summed E-state index contributed by atoms with van der Waals surface area (Å²) in [5, 5.41) is 11.6. The Morgan fingerprint density at radius 3 is 2.40 bits per heavy atom. The minimum absolute atomic E-state index is 0.0819. The first-order chi connectivity index (χ1) is 14.3. The lowest BCUT2D eigenvalue weighted by atomic mass is 9.85. The SMILES string of the molecule is CN(C)C(=O)C1=C(C(=O)NC2CCC(C(=O)Nc3ccc(F)cc3Cl)CC2)NCN1. The molecule has 1 aliphatic carbocycles. The van der Waals surface area contributed by atoms with Gasteiger partial charge in [0, 0.05) is 26.1 Å². The molecule has 0 unspecified atom stereocenters. The highest BCUT2D eigenvalue weighted by atomic mass is 35.5. The Balaban J connectivity index is 1.53. The van der Waals surface area contributed by atoms with Crippen LogP contribution < -0.4 is 21.3 Å². The maximum atomic E-state index is 13.1. The van der Waals surface area contributed by atoms with Crippen LogP contribution in [0, 0.1) is 11.7 Å². The average Bonchev–Trinajstić information content (AvgIpc) is 3.19. The van der Waals surface area contributed by atoms with Crippen LogP contribution in [0.3, 0.4) is 0 Å². The fourth-order valence-electron chi connectivity index (χ4n) is 3.58. The molecule has 0 spiro atoms. The van der Waals surface area contributed by atoms with Gasteiger partial charge in [0.05, 0.1) is 17.4 Å². The fraction of sp³-hybridized carbons (Fsp3) is 0.450. The van der Waals surface area contributed by atoms with Crippen molar-refractivity contribution in [2.75, 3.05) is 26.1 Å². The maximum Gasteiger partial charge on any atom is 0.271 e. The predicted octanol–water partition coefficient (Wildman–Crippen LogP) is 1.54. The number of benzene rings is 1. The molecule has 3 rings (SSSR count). The second kappa shape index (κ2) is 9.34. The van der Waals surface area contributed by atoms with Crippen molar-refractivity contribution in [3.63, 3.8) is 0 Å². The van der Waals surface area contributed by atoms with Gasteiger partial charge in [-0.1, -0.05) is 11.6 Å². The Bertz CT molecular complexity index is 881.